The third-order valence-electron chi connectivity index (χ3n) is 3.42. The average Bonchev–Trinajstić information content (AvgIpc) is 2.56. The number of hydrogen-bond acceptors (Lipinski definition) is 3. The van der Waals surface area contributed by atoms with Crippen molar-refractivity contribution in [3.8, 4) is 0 Å². The molecule has 0 bridgehead atoms. The van der Waals surface area contributed by atoms with E-state index in [-0.39, 0.29) is 11.9 Å². The van der Waals surface area contributed by atoms with Crippen molar-refractivity contribution in [2.75, 3.05) is 13.2 Å². The van der Waals surface area contributed by atoms with Crippen LogP contribution in [0.3, 0.4) is 0 Å². The molecule has 3 heteroatoms. The highest BCUT2D eigenvalue weighted by Crippen LogP contribution is 2.21. The molecule has 0 aliphatic heterocycles. The van der Waals surface area contributed by atoms with E-state index in [2.05, 4.69) is 0 Å². The van der Waals surface area contributed by atoms with Crippen molar-refractivity contribution in [1.82, 2.24) is 0 Å². The summed E-state index contributed by atoms with van der Waals surface area (Å²) in [6.45, 7) is 3.28. The molecule has 0 spiro atoms. The summed E-state index contributed by atoms with van der Waals surface area (Å²) in [5.41, 5.74) is 2.23. The maximum absolute atomic E-state index is 11.8. The van der Waals surface area contributed by atoms with E-state index < -0.39 is 0 Å². The maximum Gasteiger partial charge on any atom is 0.306 e. The number of esters is 1. The van der Waals surface area contributed by atoms with Crippen LogP contribution in [0.1, 0.15) is 30.4 Å². The van der Waals surface area contributed by atoms with Gasteiger partial charge in [0.25, 0.3) is 0 Å². The van der Waals surface area contributed by atoms with E-state index in [4.69, 9.17) is 9.47 Å². The summed E-state index contributed by atoms with van der Waals surface area (Å²) in [7, 11) is 0. The lowest BCUT2D eigenvalue weighted by atomic mass is 9.96. The molecule has 0 saturated carbocycles. The summed E-state index contributed by atoms with van der Waals surface area (Å²) >= 11 is 0. The molecule has 22 heavy (non-hydrogen) atoms. The molecule has 0 aliphatic rings. The summed E-state index contributed by atoms with van der Waals surface area (Å²) in [5, 5.41) is 0. The van der Waals surface area contributed by atoms with Gasteiger partial charge in [0.2, 0.25) is 0 Å². The first kappa shape index (κ1) is 16.2. The zero-order chi connectivity index (χ0) is 15.6. The first-order valence-electron chi connectivity index (χ1n) is 7.62. The Hall–Kier alpha value is -2.13. The average molecular weight is 298 g/mol. The van der Waals surface area contributed by atoms with Crippen molar-refractivity contribution in [2.45, 2.75) is 25.9 Å². The van der Waals surface area contributed by atoms with Crippen molar-refractivity contribution in [1.29, 1.82) is 0 Å². The van der Waals surface area contributed by atoms with E-state index in [1.807, 2.05) is 67.6 Å². The van der Waals surface area contributed by atoms with E-state index in [1.165, 1.54) is 0 Å². The molecule has 116 valence electrons. The minimum atomic E-state index is -0.181. The van der Waals surface area contributed by atoms with Gasteiger partial charge < -0.3 is 9.47 Å². The summed E-state index contributed by atoms with van der Waals surface area (Å²) in [6.07, 6.45) is 0.340. The number of hydrogen-bond donors (Lipinski definition) is 0. The minimum Gasteiger partial charge on any atom is -0.466 e. The van der Waals surface area contributed by atoms with E-state index in [0.717, 1.165) is 11.1 Å². The Kier molecular flexibility index (Phi) is 6.65. The third-order valence-corrected chi connectivity index (χ3v) is 3.42. The molecule has 0 fully saturated rings. The Bertz CT molecular complexity index is 551. The highest BCUT2D eigenvalue weighted by Gasteiger charge is 2.17. The van der Waals surface area contributed by atoms with Gasteiger partial charge in [-0.15, -0.1) is 0 Å². The van der Waals surface area contributed by atoms with Crippen LogP contribution < -0.4 is 0 Å². The first-order valence-corrected chi connectivity index (χ1v) is 7.62. The summed E-state index contributed by atoms with van der Waals surface area (Å²) in [6, 6.07) is 20.0. The molecule has 0 heterocycles. The second-order valence-corrected chi connectivity index (χ2v) is 5.12. The largest absolute Gasteiger partial charge is 0.466 e. The SMILES string of the molecule is CCOC(=O)CC(COCc1ccccc1)c1ccccc1. The Morgan fingerprint density at radius 1 is 1.00 bits per heavy atom. The van der Waals surface area contributed by atoms with Crippen LogP contribution in [-0.2, 0) is 20.9 Å². The fourth-order valence-corrected chi connectivity index (χ4v) is 2.31. The molecule has 2 aromatic rings. The monoisotopic (exact) mass is 298 g/mol. The Morgan fingerprint density at radius 2 is 1.64 bits per heavy atom. The van der Waals surface area contributed by atoms with Crippen LogP contribution in [0.5, 0.6) is 0 Å². The van der Waals surface area contributed by atoms with Crippen LogP contribution in [0.4, 0.5) is 0 Å². The lowest BCUT2D eigenvalue weighted by Crippen LogP contribution is -2.15. The van der Waals surface area contributed by atoms with E-state index in [0.29, 0.717) is 26.2 Å². The topological polar surface area (TPSA) is 35.5 Å². The van der Waals surface area contributed by atoms with Gasteiger partial charge in [-0.2, -0.15) is 0 Å². The van der Waals surface area contributed by atoms with E-state index in [9.17, 15) is 4.79 Å². The molecule has 0 amide bonds. The molecule has 2 aromatic carbocycles. The Labute approximate surface area is 131 Å². The van der Waals surface area contributed by atoms with Crippen LogP contribution in [0.2, 0.25) is 0 Å². The molecule has 2 rings (SSSR count). The standard InChI is InChI=1S/C19H22O3/c1-2-22-19(20)13-18(17-11-7-4-8-12-17)15-21-14-16-9-5-3-6-10-16/h3-12,18H,2,13-15H2,1H3. The smallest absolute Gasteiger partial charge is 0.306 e. The van der Waals surface area contributed by atoms with Gasteiger partial charge in [-0.3, -0.25) is 4.79 Å². The molecule has 3 nitrogen and oxygen atoms in total. The minimum absolute atomic E-state index is 0.0176. The number of rotatable bonds is 8. The second kappa shape index (κ2) is 9.00. The van der Waals surface area contributed by atoms with Gasteiger partial charge in [-0.25, -0.2) is 0 Å². The molecule has 0 aliphatic carbocycles. The van der Waals surface area contributed by atoms with Gasteiger partial charge in [-0.05, 0) is 18.1 Å². The summed E-state index contributed by atoms with van der Waals surface area (Å²) < 4.78 is 10.9. The van der Waals surface area contributed by atoms with Gasteiger partial charge in [0.05, 0.1) is 26.2 Å². The Balaban J connectivity index is 1.94. The fourth-order valence-electron chi connectivity index (χ4n) is 2.31. The predicted octanol–water partition coefficient (Wildman–Crippen LogP) is 3.94. The van der Waals surface area contributed by atoms with Crippen molar-refractivity contribution >= 4 is 5.97 Å². The van der Waals surface area contributed by atoms with Crippen molar-refractivity contribution < 1.29 is 14.3 Å². The second-order valence-electron chi connectivity index (χ2n) is 5.12. The number of carbonyl (C=O) groups excluding carboxylic acids is 1. The zero-order valence-corrected chi connectivity index (χ0v) is 12.9. The van der Waals surface area contributed by atoms with Gasteiger partial charge in [0, 0.05) is 5.92 Å². The van der Waals surface area contributed by atoms with Crippen molar-refractivity contribution in [2.24, 2.45) is 0 Å². The number of carbonyl (C=O) groups is 1. The van der Waals surface area contributed by atoms with Gasteiger partial charge in [0.1, 0.15) is 0 Å². The lowest BCUT2D eigenvalue weighted by molar-refractivity contribution is -0.144. The van der Waals surface area contributed by atoms with Gasteiger partial charge in [0.15, 0.2) is 0 Å². The van der Waals surface area contributed by atoms with Gasteiger partial charge in [-0.1, -0.05) is 60.7 Å². The zero-order valence-electron chi connectivity index (χ0n) is 12.9. The molecule has 0 radical (unpaired) electrons. The number of benzene rings is 2. The summed E-state index contributed by atoms with van der Waals surface area (Å²) in [4.78, 5) is 11.8. The highest BCUT2D eigenvalue weighted by molar-refractivity contribution is 5.70. The van der Waals surface area contributed by atoms with Gasteiger partial charge >= 0.3 is 5.97 Å². The third kappa shape index (κ3) is 5.34. The molecule has 1 atom stereocenters. The highest BCUT2D eigenvalue weighted by atomic mass is 16.5. The van der Waals surface area contributed by atoms with E-state index >= 15 is 0 Å². The van der Waals surface area contributed by atoms with Crippen LogP contribution in [-0.4, -0.2) is 19.2 Å². The van der Waals surface area contributed by atoms with Crippen molar-refractivity contribution in [3.63, 3.8) is 0 Å². The van der Waals surface area contributed by atoms with Crippen LogP contribution >= 0.6 is 0 Å². The molecular formula is C19H22O3. The number of ether oxygens (including phenoxy) is 2. The Morgan fingerprint density at radius 3 is 2.27 bits per heavy atom. The summed E-state index contributed by atoms with van der Waals surface area (Å²) in [5.74, 6) is -0.163. The normalized spacial score (nSPS) is 11.9. The maximum atomic E-state index is 11.8. The van der Waals surface area contributed by atoms with Crippen LogP contribution in [0.15, 0.2) is 60.7 Å². The molecule has 1 unspecified atom stereocenters. The molecule has 0 saturated heterocycles. The predicted molar refractivity (Wildman–Crippen MR) is 86.5 cm³/mol. The van der Waals surface area contributed by atoms with E-state index in [1.54, 1.807) is 0 Å². The molecule has 0 aromatic heterocycles. The van der Waals surface area contributed by atoms with Crippen molar-refractivity contribution in [3.05, 3.63) is 71.8 Å². The fraction of sp³-hybridized carbons (Fsp3) is 0.316. The van der Waals surface area contributed by atoms with Crippen LogP contribution in [0, 0.1) is 0 Å². The lowest BCUT2D eigenvalue weighted by Gasteiger charge is -2.17. The molecule has 0 N–H and O–H groups in total. The molecular weight excluding hydrogens is 276 g/mol. The first-order chi connectivity index (χ1) is 10.8. The van der Waals surface area contributed by atoms with Crippen LogP contribution in [0.25, 0.3) is 0 Å². The quantitative estimate of drug-likeness (QED) is 0.692.